The molecule has 2 N–H and O–H groups in total. The largest absolute Gasteiger partial charge is 0.392 e. The zero-order valence-corrected chi connectivity index (χ0v) is 15.0. The zero-order chi connectivity index (χ0) is 17.1. The van der Waals surface area contributed by atoms with Crippen LogP contribution >= 0.6 is 11.3 Å². The van der Waals surface area contributed by atoms with E-state index in [0.29, 0.717) is 25.3 Å². The lowest BCUT2D eigenvalue weighted by atomic mass is 9.97. The molecule has 0 saturated carbocycles. The van der Waals surface area contributed by atoms with Crippen LogP contribution in [0.15, 0.2) is 17.4 Å². The van der Waals surface area contributed by atoms with Crippen molar-refractivity contribution in [2.24, 2.45) is 0 Å². The minimum absolute atomic E-state index is 0.0185. The van der Waals surface area contributed by atoms with Gasteiger partial charge in [0.2, 0.25) is 0 Å². The molecular formula is C18H25N3O2S. The molecule has 0 bridgehead atoms. The van der Waals surface area contributed by atoms with Gasteiger partial charge in [-0.15, -0.1) is 17.9 Å². The van der Waals surface area contributed by atoms with Crippen LogP contribution in [-0.2, 0) is 19.4 Å². The molecule has 1 atom stereocenters. The number of aryl methyl sites for hydroxylation is 2. The number of allylic oxidation sites excluding steroid dienone is 1. The third-order valence-corrected chi connectivity index (χ3v) is 5.71. The fraction of sp³-hybridized carbons (Fsp3) is 0.556. The van der Waals surface area contributed by atoms with E-state index in [4.69, 9.17) is 0 Å². The van der Waals surface area contributed by atoms with E-state index in [2.05, 4.69) is 16.5 Å². The first-order valence-electron chi connectivity index (χ1n) is 8.59. The lowest BCUT2D eigenvalue weighted by Gasteiger charge is -2.19. The number of aromatic amines is 1. The van der Waals surface area contributed by atoms with Crippen LogP contribution in [0.4, 0.5) is 0 Å². The molecule has 2 heterocycles. The van der Waals surface area contributed by atoms with Gasteiger partial charge in [-0.3, -0.25) is 9.69 Å². The van der Waals surface area contributed by atoms with Crippen molar-refractivity contribution in [3.05, 3.63) is 39.3 Å². The van der Waals surface area contributed by atoms with Gasteiger partial charge in [-0.1, -0.05) is 6.08 Å². The van der Waals surface area contributed by atoms with E-state index in [-0.39, 0.29) is 5.56 Å². The Morgan fingerprint density at radius 1 is 1.46 bits per heavy atom. The fourth-order valence-electron chi connectivity index (χ4n) is 3.36. The quantitative estimate of drug-likeness (QED) is 0.756. The summed E-state index contributed by atoms with van der Waals surface area (Å²) >= 11 is 1.67. The lowest BCUT2D eigenvalue weighted by molar-refractivity contribution is 0.115. The molecule has 0 radical (unpaired) electrons. The number of hydrogen-bond donors (Lipinski definition) is 2. The third-order valence-electron chi connectivity index (χ3n) is 4.52. The molecule has 6 heteroatoms. The van der Waals surface area contributed by atoms with Crippen molar-refractivity contribution in [1.29, 1.82) is 0 Å². The van der Waals surface area contributed by atoms with Crippen LogP contribution in [0.3, 0.4) is 0 Å². The summed E-state index contributed by atoms with van der Waals surface area (Å²) in [5, 5.41) is 10.8. The van der Waals surface area contributed by atoms with Gasteiger partial charge in [0.05, 0.1) is 18.0 Å². The van der Waals surface area contributed by atoms with E-state index in [1.165, 1.54) is 16.9 Å². The van der Waals surface area contributed by atoms with Crippen LogP contribution in [0.25, 0.3) is 10.2 Å². The molecule has 0 aromatic carbocycles. The summed E-state index contributed by atoms with van der Waals surface area (Å²) in [6.45, 7) is 4.75. The number of thiophene rings is 1. The number of nitrogens with zero attached hydrogens (tertiary/aromatic N) is 2. The molecule has 2 aromatic heterocycles. The van der Waals surface area contributed by atoms with Gasteiger partial charge in [-0.2, -0.15) is 0 Å². The zero-order valence-electron chi connectivity index (χ0n) is 14.2. The Bertz CT molecular complexity index is 780. The number of aromatic nitrogens is 2. The number of H-pyrrole nitrogens is 1. The van der Waals surface area contributed by atoms with Crippen molar-refractivity contribution >= 4 is 21.6 Å². The molecule has 0 fully saturated rings. The summed E-state index contributed by atoms with van der Waals surface area (Å²) < 4.78 is 0. The van der Waals surface area contributed by atoms with Gasteiger partial charge in [0.25, 0.3) is 5.56 Å². The Morgan fingerprint density at radius 3 is 3.04 bits per heavy atom. The number of rotatable bonds is 7. The van der Waals surface area contributed by atoms with Crippen molar-refractivity contribution in [2.75, 3.05) is 13.6 Å². The van der Waals surface area contributed by atoms with E-state index >= 15 is 0 Å². The van der Waals surface area contributed by atoms with Crippen molar-refractivity contribution in [3.63, 3.8) is 0 Å². The van der Waals surface area contributed by atoms with Crippen LogP contribution in [0.2, 0.25) is 0 Å². The second-order valence-electron chi connectivity index (χ2n) is 6.62. The Kier molecular flexibility index (Phi) is 5.48. The molecule has 24 heavy (non-hydrogen) atoms. The van der Waals surface area contributed by atoms with Crippen LogP contribution in [0.5, 0.6) is 0 Å². The molecule has 0 unspecified atom stereocenters. The summed E-state index contributed by atoms with van der Waals surface area (Å²) in [5.41, 5.74) is 1.20. The first kappa shape index (κ1) is 17.3. The molecule has 3 rings (SSSR count). The van der Waals surface area contributed by atoms with Crippen LogP contribution in [-0.4, -0.2) is 39.7 Å². The number of nitrogens with one attached hydrogen (secondary N) is 1. The molecule has 0 saturated heterocycles. The lowest BCUT2D eigenvalue weighted by Crippen LogP contribution is -2.30. The monoisotopic (exact) mass is 347 g/mol. The van der Waals surface area contributed by atoms with Gasteiger partial charge >= 0.3 is 0 Å². The predicted molar refractivity (Wildman–Crippen MR) is 98.7 cm³/mol. The molecule has 5 nitrogen and oxygen atoms in total. The van der Waals surface area contributed by atoms with E-state index < -0.39 is 6.10 Å². The minimum atomic E-state index is -0.391. The second-order valence-corrected chi connectivity index (χ2v) is 7.70. The van der Waals surface area contributed by atoms with Crippen molar-refractivity contribution in [1.82, 2.24) is 14.9 Å². The summed E-state index contributed by atoms with van der Waals surface area (Å²) in [6, 6.07) is 0. The van der Waals surface area contributed by atoms with Crippen LogP contribution in [0, 0.1) is 0 Å². The molecule has 130 valence electrons. The molecule has 1 aliphatic carbocycles. The highest BCUT2D eigenvalue weighted by Crippen LogP contribution is 2.33. The van der Waals surface area contributed by atoms with Gasteiger partial charge in [-0.05, 0) is 51.1 Å². The SMILES string of the molecule is C=CCC[C@H](O)CN(C)Cc1nc2sc3c(c2c(=O)[nH]1)CCCC3. The van der Waals surface area contributed by atoms with E-state index in [1.54, 1.807) is 11.3 Å². The van der Waals surface area contributed by atoms with Gasteiger partial charge in [0.1, 0.15) is 10.7 Å². The first-order chi connectivity index (χ1) is 11.6. The number of likely N-dealkylation sites (N-methyl/N-ethyl adjacent to an activating group) is 1. The van der Waals surface area contributed by atoms with Gasteiger partial charge in [-0.25, -0.2) is 4.98 Å². The first-order valence-corrected chi connectivity index (χ1v) is 9.41. The maximum absolute atomic E-state index is 12.5. The molecule has 1 aliphatic rings. The molecule has 0 amide bonds. The third kappa shape index (κ3) is 3.77. The second kappa shape index (κ2) is 7.59. The number of fused-ring (bicyclic) bond motifs is 3. The Labute approximate surface area is 146 Å². The standard InChI is InChI=1S/C18H25N3O2S/c1-3-4-7-12(22)10-21(2)11-15-19-17(23)16-13-8-5-6-9-14(13)24-18(16)20-15/h3,12,22H,1,4-11H2,2H3,(H,19,20,23)/t12-/m0/s1. The van der Waals surface area contributed by atoms with Crippen molar-refractivity contribution < 1.29 is 5.11 Å². The highest BCUT2D eigenvalue weighted by Gasteiger charge is 2.20. The smallest absolute Gasteiger partial charge is 0.259 e. The van der Waals surface area contributed by atoms with Gasteiger partial charge < -0.3 is 10.1 Å². The number of hydrogen-bond acceptors (Lipinski definition) is 5. The van der Waals surface area contributed by atoms with Crippen molar-refractivity contribution in [3.8, 4) is 0 Å². The topological polar surface area (TPSA) is 69.2 Å². The maximum Gasteiger partial charge on any atom is 0.259 e. The predicted octanol–water partition coefficient (Wildman–Crippen LogP) is 2.62. The summed E-state index contributed by atoms with van der Waals surface area (Å²) in [7, 11) is 1.93. The van der Waals surface area contributed by atoms with Crippen LogP contribution in [0.1, 0.15) is 41.9 Å². The summed E-state index contributed by atoms with van der Waals surface area (Å²) in [6.07, 6.45) is 7.36. The van der Waals surface area contributed by atoms with Gasteiger partial charge in [0, 0.05) is 11.4 Å². The van der Waals surface area contributed by atoms with E-state index in [0.717, 1.165) is 35.9 Å². The Morgan fingerprint density at radius 2 is 2.25 bits per heavy atom. The average molecular weight is 347 g/mol. The molecule has 0 aliphatic heterocycles. The molecular weight excluding hydrogens is 322 g/mol. The summed E-state index contributed by atoms with van der Waals surface area (Å²) in [4.78, 5) is 24.3. The molecule has 2 aromatic rings. The highest BCUT2D eigenvalue weighted by molar-refractivity contribution is 7.18. The Hall–Kier alpha value is -1.50. The number of aliphatic hydroxyl groups excluding tert-OH is 1. The molecule has 0 spiro atoms. The fourth-order valence-corrected chi connectivity index (χ4v) is 4.65. The average Bonchev–Trinajstić information content (AvgIpc) is 2.91. The highest BCUT2D eigenvalue weighted by atomic mass is 32.1. The maximum atomic E-state index is 12.5. The van der Waals surface area contributed by atoms with E-state index in [9.17, 15) is 9.90 Å². The Balaban J connectivity index is 1.76. The summed E-state index contributed by atoms with van der Waals surface area (Å²) in [5.74, 6) is 0.671. The van der Waals surface area contributed by atoms with Crippen LogP contribution < -0.4 is 5.56 Å². The normalized spacial score (nSPS) is 15.6. The number of aliphatic hydroxyl groups is 1. The van der Waals surface area contributed by atoms with Gasteiger partial charge in [0.15, 0.2) is 0 Å². The van der Waals surface area contributed by atoms with E-state index in [1.807, 2.05) is 18.0 Å². The van der Waals surface area contributed by atoms with Crippen molar-refractivity contribution in [2.45, 2.75) is 51.2 Å². The minimum Gasteiger partial charge on any atom is -0.392 e.